The molecule has 4 aromatic rings. The molecule has 1 fully saturated rings. The Hall–Kier alpha value is -4.03. The van der Waals surface area contributed by atoms with Gasteiger partial charge >= 0.3 is 5.97 Å². The van der Waals surface area contributed by atoms with Gasteiger partial charge in [0.15, 0.2) is 0 Å². The molecule has 4 aromatic carbocycles. The minimum absolute atomic E-state index is 0.0713. The van der Waals surface area contributed by atoms with Gasteiger partial charge in [0.2, 0.25) is 5.91 Å². The van der Waals surface area contributed by atoms with E-state index >= 15 is 0 Å². The lowest BCUT2D eigenvalue weighted by molar-refractivity contribution is -0.151. The van der Waals surface area contributed by atoms with Crippen LogP contribution in [0.2, 0.25) is 0 Å². The molecule has 42 heavy (non-hydrogen) atoms. The van der Waals surface area contributed by atoms with Crippen LogP contribution < -0.4 is 26.4 Å². The lowest BCUT2D eigenvalue weighted by Gasteiger charge is -2.48. The van der Waals surface area contributed by atoms with Crippen LogP contribution in [0, 0.1) is 0 Å². The fourth-order valence-electron chi connectivity index (χ4n) is 5.46. The molecule has 1 saturated heterocycles. The monoisotopic (exact) mass is 594 g/mol. The van der Waals surface area contributed by atoms with Crippen molar-refractivity contribution in [3.05, 3.63) is 132 Å². The van der Waals surface area contributed by atoms with Crippen molar-refractivity contribution >= 4 is 52.2 Å². The second-order valence-electron chi connectivity index (χ2n) is 10.1. The number of fused-ring (bicyclic) bond motifs is 1. The first kappa shape index (κ1) is 28.1. The average molecular weight is 595 g/mol. The van der Waals surface area contributed by atoms with E-state index < -0.39 is 18.9 Å². The smallest absolute Gasteiger partial charge is 0.355 e. The highest BCUT2D eigenvalue weighted by Gasteiger charge is 2.52. The summed E-state index contributed by atoms with van der Waals surface area (Å²) in [4.78, 5) is 28.5. The highest BCUT2D eigenvalue weighted by atomic mass is 32.2. The van der Waals surface area contributed by atoms with Gasteiger partial charge in [-0.15, -0.1) is 11.8 Å². The fourth-order valence-corrected chi connectivity index (χ4v) is 10.8. The first-order chi connectivity index (χ1) is 20.5. The minimum atomic E-state index is -2.43. The Morgan fingerprint density at radius 2 is 1.40 bits per heavy atom. The SMILES string of the molecule is COc1ccc(COC(=O)C2=C(C=P(c3ccccc3)(c3ccccc3)c3ccccc3)CS[C@@H]3C(N)C(=O)N23)cc1. The van der Waals surface area contributed by atoms with Crippen LogP contribution in [0.15, 0.2) is 127 Å². The average Bonchev–Trinajstić information content (AvgIpc) is 3.06. The molecule has 0 aromatic heterocycles. The molecule has 0 spiro atoms. The predicted molar refractivity (Wildman–Crippen MR) is 172 cm³/mol. The first-order valence-electron chi connectivity index (χ1n) is 13.7. The molecule has 212 valence electrons. The number of methoxy groups -OCH3 is 1. The zero-order chi connectivity index (χ0) is 29.1. The number of amides is 1. The first-order valence-corrected chi connectivity index (χ1v) is 16.6. The number of β-lactam (4-membered cyclic amide) rings is 1. The molecule has 0 saturated carbocycles. The number of carbonyl (C=O) groups excluding carboxylic acids is 2. The Kier molecular flexibility index (Phi) is 8.07. The molecular weight excluding hydrogens is 563 g/mol. The van der Waals surface area contributed by atoms with Crippen molar-refractivity contribution in [3.8, 4) is 5.75 Å². The van der Waals surface area contributed by atoms with Crippen LogP contribution in [0.5, 0.6) is 5.75 Å². The topological polar surface area (TPSA) is 81.9 Å². The number of carbonyl (C=O) groups is 2. The predicted octanol–water partition coefficient (Wildman–Crippen LogP) is 4.03. The van der Waals surface area contributed by atoms with Crippen molar-refractivity contribution < 1.29 is 19.1 Å². The molecule has 0 aliphatic carbocycles. The summed E-state index contributed by atoms with van der Waals surface area (Å²) in [6.45, 7) is -2.36. The molecule has 6 nitrogen and oxygen atoms in total. The molecule has 2 aliphatic rings. The molecule has 1 amide bonds. The van der Waals surface area contributed by atoms with E-state index in [1.54, 1.807) is 18.9 Å². The number of esters is 1. The number of ether oxygens (including phenoxy) is 2. The van der Waals surface area contributed by atoms with Crippen LogP contribution in [0.25, 0.3) is 0 Å². The summed E-state index contributed by atoms with van der Waals surface area (Å²) in [6, 6.07) is 37.9. The van der Waals surface area contributed by atoms with Crippen molar-refractivity contribution in [2.45, 2.75) is 18.0 Å². The minimum Gasteiger partial charge on any atom is -0.497 e. The maximum atomic E-state index is 13.9. The number of thioether (sulfide) groups is 1. The number of nitrogens with two attached hydrogens (primary N) is 1. The van der Waals surface area contributed by atoms with Crippen LogP contribution in [0.3, 0.4) is 0 Å². The Balaban J connectivity index is 1.54. The Bertz CT molecular complexity index is 1570. The van der Waals surface area contributed by atoms with Gasteiger partial charge in [-0.25, -0.2) is 4.79 Å². The molecule has 1 unspecified atom stereocenters. The molecule has 2 heterocycles. The quantitative estimate of drug-likeness (QED) is 0.189. The van der Waals surface area contributed by atoms with Gasteiger partial charge in [0.1, 0.15) is 29.5 Å². The molecule has 2 atom stereocenters. The molecule has 2 N–H and O–H groups in total. The second-order valence-corrected chi connectivity index (χ2v) is 14.4. The largest absolute Gasteiger partial charge is 0.497 e. The van der Waals surface area contributed by atoms with Crippen LogP contribution >= 0.6 is 18.6 Å². The van der Waals surface area contributed by atoms with Crippen LogP contribution in [-0.2, 0) is 20.9 Å². The molecular formula is C34H31N2O4PS. The number of benzene rings is 4. The summed E-state index contributed by atoms with van der Waals surface area (Å²) < 4.78 is 11.1. The maximum absolute atomic E-state index is 13.9. The van der Waals surface area contributed by atoms with Crippen LogP contribution in [0.1, 0.15) is 5.56 Å². The van der Waals surface area contributed by atoms with E-state index in [4.69, 9.17) is 15.2 Å². The van der Waals surface area contributed by atoms with Gasteiger partial charge in [-0.1, -0.05) is 103 Å². The van der Waals surface area contributed by atoms with Gasteiger partial charge in [-0.3, -0.25) is 9.69 Å². The van der Waals surface area contributed by atoms with E-state index in [0.717, 1.165) is 32.8 Å². The molecule has 0 bridgehead atoms. The third-order valence-corrected chi connectivity index (χ3v) is 13.0. The fraction of sp³-hybridized carbons (Fsp3) is 0.147. The summed E-state index contributed by atoms with van der Waals surface area (Å²) in [7, 11) is 1.61. The number of rotatable bonds is 8. The molecule has 2 aliphatic heterocycles. The van der Waals surface area contributed by atoms with Gasteiger partial charge in [0, 0.05) is 5.75 Å². The zero-order valence-electron chi connectivity index (χ0n) is 23.1. The Morgan fingerprint density at radius 3 is 1.90 bits per heavy atom. The molecule has 6 rings (SSSR count). The molecule has 8 heteroatoms. The van der Waals surface area contributed by atoms with Crippen LogP contribution in [-0.4, -0.2) is 46.9 Å². The van der Waals surface area contributed by atoms with Gasteiger partial charge < -0.3 is 15.2 Å². The number of hydrogen-bond donors (Lipinski definition) is 1. The van der Waals surface area contributed by atoms with E-state index in [9.17, 15) is 9.59 Å². The summed E-state index contributed by atoms with van der Waals surface area (Å²) in [5.74, 6) is 2.70. The lowest BCUT2D eigenvalue weighted by Crippen LogP contribution is -2.68. The molecule has 0 radical (unpaired) electrons. The van der Waals surface area contributed by atoms with E-state index in [2.05, 4.69) is 42.2 Å². The van der Waals surface area contributed by atoms with Gasteiger partial charge in [-0.2, -0.15) is 0 Å². The van der Waals surface area contributed by atoms with E-state index in [1.165, 1.54) is 4.90 Å². The van der Waals surface area contributed by atoms with Crippen molar-refractivity contribution in [1.82, 2.24) is 4.90 Å². The zero-order valence-corrected chi connectivity index (χ0v) is 24.8. The second kappa shape index (κ2) is 12.1. The number of hydrogen-bond acceptors (Lipinski definition) is 6. The maximum Gasteiger partial charge on any atom is 0.355 e. The third kappa shape index (κ3) is 5.09. The van der Waals surface area contributed by atoms with Gasteiger partial charge in [0.05, 0.1) is 7.11 Å². The van der Waals surface area contributed by atoms with Crippen LogP contribution in [0.4, 0.5) is 0 Å². The summed E-state index contributed by atoms with van der Waals surface area (Å²) in [5, 5.41) is 3.16. The van der Waals surface area contributed by atoms with Crippen molar-refractivity contribution in [1.29, 1.82) is 0 Å². The lowest BCUT2D eigenvalue weighted by atomic mass is 10.0. The summed E-state index contributed by atoms with van der Waals surface area (Å²) in [6.07, 6.45) is 0. The van der Waals surface area contributed by atoms with Crippen molar-refractivity contribution in [2.75, 3.05) is 12.9 Å². The number of nitrogens with zero attached hydrogens (tertiary/aromatic N) is 1. The summed E-state index contributed by atoms with van der Waals surface area (Å²) >= 11 is 1.59. The standard InChI is InChI=1S/C34H31N2O4PS/c1-39-26-19-17-24(18-20-26)21-40-34(38)31-25(23-42-33-30(35)32(37)36(31)33)22-41(27-11-5-2-6-12-27,28-13-7-3-8-14-28)29-15-9-4-10-16-29/h2-20,22,30,33H,21,23,35H2,1H3/t30?,33-/m1/s1. The third-order valence-electron chi connectivity index (χ3n) is 7.60. The van der Waals surface area contributed by atoms with Gasteiger partial charge in [-0.05, 0) is 51.9 Å². The van der Waals surface area contributed by atoms with E-state index in [-0.39, 0.29) is 23.6 Å². The Morgan fingerprint density at radius 1 is 0.881 bits per heavy atom. The van der Waals surface area contributed by atoms with Crippen molar-refractivity contribution in [2.24, 2.45) is 5.73 Å². The van der Waals surface area contributed by atoms with Crippen molar-refractivity contribution in [3.63, 3.8) is 0 Å². The Labute approximate surface area is 250 Å². The van der Waals surface area contributed by atoms with Gasteiger partial charge in [0.25, 0.3) is 0 Å². The normalized spacial score (nSPS) is 18.1. The highest BCUT2D eigenvalue weighted by molar-refractivity contribution is 8.00. The van der Waals surface area contributed by atoms with E-state index in [1.807, 2.05) is 78.9 Å². The summed E-state index contributed by atoms with van der Waals surface area (Å²) in [5.41, 5.74) is 8.06. The van der Waals surface area contributed by atoms with E-state index in [0.29, 0.717) is 5.75 Å². The highest BCUT2D eigenvalue weighted by Crippen LogP contribution is 2.47.